The van der Waals surface area contributed by atoms with Gasteiger partial charge in [0.05, 0.1) is 21.9 Å². The minimum Gasteiger partial charge on any atom is -0.488 e. The average Bonchev–Trinajstić information content (AvgIpc) is 4.06. The number of carbonyl (C=O) groups is 4. The van der Waals surface area contributed by atoms with Crippen molar-refractivity contribution in [3.05, 3.63) is 48.5 Å². The van der Waals surface area contributed by atoms with Crippen molar-refractivity contribution in [2.45, 2.75) is 126 Å². The predicted molar refractivity (Wildman–Crippen MR) is 203 cm³/mol. The molecule has 54 heavy (non-hydrogen) atoms. The minimum atomic E-state index is -3.99. The van der Waals surface area contributed by atoms with Crippen LogP contribution in [0.2, 0.25) is 0 Å². The summed E-state index contributed by atoms with van der Waals surface area (Å²) >= 11 is 1.54. The van der Waals surface area contributed by atoms with Crippen LogP contribution in [0.15, 0.2) is 48.5 Å². The number of rotatable bonds is 14. The van der Waals surface area contributed by atoms with Crippen molar-refractivity contribution in [3.63, 3.8) is 0 Å². The van der Waals surface area contributed by atoms with Crippen LogP contribution in [0.1, 0.15) is 91.4 Å². The number of hydrogen-bond donors (Lipinski definition) is 3. The van der Waals surface area contributed by atoms with Crippen molar-refractivity contribution < 1.29 is 37.1 Å². The molecule has 1 unspecified atom stereocenters. The SMILES string of the molecule is C=C[C@@H]1C[C@]1(NC(=O)[C@@H]1CC(Oc2ccnc(-c3cccs3)c2)CN1C(=O)[C@@H](NC(=O)OC1CCCC1)C(C)(C)C)C(=O)NS(=O)(=O)C1(CC2CC2)CC1. The molecule has 4 amide bonds. The largest absolute Gasteiger partial charge is 0.488 e. The van der Waals surface area contributed by atoms with E-state index in [4.69, 9.17) is 9.47 Å². The third-order valence-electron chi connectivity index (χ3n) is 11.6. The second-order valence-corrected chi connectivity index (χ2v) is 19.9. The summed E-state index contributed by atoms with van der Waals surface area (Å²) in [6.45, 7) is 9.31. The smallest absolute Gasteiger partial charge is 0.408 e. The lowest BCUT2D eigenvalue weighted by Crippen LogP contribution is -2.60. The Hall–Kier alpha value is -3.98. The molecule has 15 heteroatoms. The van der Waals surface area contributed by atoms with E-state index in [1.54, 1.807) is 18.3 Å². The predicted octanol–water partition coefficient (Wildman–Crippen LogP) is 5.08. The van der Waals surface area contributed by atoms with E-state index in [0.717, 1.165) is 49.1 Å². The van der Waals surface area contributed by atoms with Gasteiger partial charge in [-0.2, -0.15) is 0 Å². The van der Waals surface area contributed by atoms with Gasteiger partial charge in [-0.15, -0.1) is 17.9 Å². The van der Waals surface area contributed by atoms with Gasteiger partial charge >= 0.3 is 6.09 Å². The molecule has 0 radical (unpaired) electrons. The summed E-state index contributed by atoms with van der Waals surface area (Å²) in [6.07, 6.45) is 8.88. The number of thiophene rings is 1. The van der Waals surface area contributed by atoms with E-state index in [1.165, 1.54) is 22.3 Å². The number of likely N-dealkylation sites (tertiary alicyclic amines) is 1. The minimum absolute atomic E-state index is 0.0155. The molecule has 5 aliphatic rings. The van der Waals surface area contributed by atoms with E-state index in [1.807, 2.05) is 38.3 Å². The summed E-state index contributed by atoms with van der Waals surface area (Å²) in [6, 6.07) is 5.24. The molecule has 4 saturated carbocycles. The molecule has 3 N–H and O–H groups in total. The summed E-state index contributed by atoms with van der Waals surface area (Å²) in [4.78, 5) is 62.7. The number of ether oxygens (including phenoxy) is 2. The van der Waals surface area contributed by atoms with E-state index >= 15 is 0 Å². The standard InChI is InChI=1S/C39H51N5O8S2/c1-5-25-22-39(25,35(47)43-54(49,50)38(15-16-38)21-24-12-13-24)42-33(45)30-20-28(51-27-14-17-40-29(19-27)31-11-8-18-53-31)23-44(30)34(46)32(37(2,3)4)41-36(48)52-26-9-6-7-10-26/h5,8,11,14,17-19,24-26,28,30,32H,1,6-7,9-10,12-13,15-16,20-23H2,2-4H3,(H,41,48)(H,42,45)(H,43,47)/t25-,28?,30+,32-,39-/m1/s1. The molecule has 2 aromatic rings. The van der Waals surface area contributed by atoms with Gasteiger partial charge in [-0.3, -0.25) is 24.1 Å². The topological polar surface area (TPSA) is 173 Å². The fourth-order valence-electron chi connectivity index (χ4n) is 7.96. The number of aromatic nitrogens is 1. The Bertz CT molecular complexity index is 1880. The number of amides is 4. The molecule has 4 aliphatic carbocycles. The van der Waals surface area contributed by atoms with Crippen molar-refractivity contribution >= 4 is 45.2 Å². The maximum absolute atomic E-state index is 14.6. The number of carbonyl (C=O) groups excluding carboxylic acids is 4. The Labute approximate surface area is 321 Å². The quantitative estimate of drug-likeness (QED) is 0.221. The molecule has 1 saturated heterocycles. The van der Waals surface area contributed by atoms with Crippen LogP contribution in [-0.4, -0.2) is 83.2 Å². The van der Waals surface area contributed by atoms with Crippen LogP contribution >= 0.6 is 11.3 Å². The first-order chi connectivity index (χ1) is 25.6. The highest BCUT2D eigenvalue weighted by atomic mass is 32.2. The number of alkyl carbamates (subject to hydrolysis) is 1. The van der Waals surface area contributed by atoms with Crippen LogP contribution in [0.4, 0.5) is 4.79 Å². The number of pyridine rings is 1. The summed E-state index contributed by atoms with van der Waals surface area (Å²) in [5.41, 5.74) is -1.59. The zero-order chi connectivity index (χ0) is 38.5. The Morgan fingerprint density at radius 1 is 1.11 bits per heavy atom. The second-order valence-electron chi connectivity index (χ2n) is 16.9. The van der Waals surface area contributed by atoms with Crippen LogP contribution in [-0.2, 0) is 29.1 Å². The van der Waals surface area contributed by atoms with E-state index in [-0.39, 0.29) is 25.5 Å². The fraction of sp³-hybridized carbons (Fsp3) is 0.615. The van der Waals surface area contributed by atoms with Gasteiger partial charge in [0, 0.05) is 24.6 Å². The Morgan fingerprint density at radius 3 is 2.46 bits per heavy atom. The Morgan fingerprint density at radius 2 is 1.85 bits per heavy atom. The van der Waals surface area contributed by atoms with Crippen molar-refractivity contribution in [1.29, 1.82) is 0 Å². The first kappa shape index (κ1) is 38.3. The zero-order valence-corrected chi connectivity index (χ0v) is 32.8. The molecule has 13 nitrogen and oxygen atoms in total. The van der Waals surface area contributed by atoms with Gasteiger partial charge in [-0.25, -0.2) is 13.2 Å². The molecule has 2 aromatic heterocycles. The molecule has 3 heterocycles. The molecule has 5 fully saturated rings. The van der Waals surface area contributed by atoms with Gasteiger partial charge in [0.1, 0.15) is 35.6 Å². The van der Waals surface area contributed by atoms with E-state index in [9.17, 15) is 27.6 Å². The number of nitrogens with one attached hydrogen (secondary N) is 3. The molecule has 1 aliphatic heterocycles. The number of nitrogens with zero attached hydrogens (tertiary/aromatic N) is 2. The molecule has 292 valence electrons. The average molecular weight is 782 g/mol. The lowest BCUT2D eigenvalue weighted by Gasteiger charge is -2.35. The van der Waals surface area contributed by atoms with Crippen molar-refractivity contribution in [3.8, 4) is 16.3 Å². The van der Waals surface area contributed by atoms with Gasteiger partial charge in [0.25, 0.3) is 5.91 Å². The molecule has 0 spiro atoms. The van der Waals surface area contributed by atoms with Gasteiger partial charge in [-0.1, -0.05) is 45.8 Å². The van der Waals surface area contributed by atoms with E-state index < -0.39 is 73.6 Å². The molecule has 5 atom stereocenters. The molecule has 0 aromatic carbocycles. The van der Waals surface area contributed by atoms with Crippen LogP contribution in [0.3, 0.4) is 0 Å². The second kappa shape index (κ2) is 14.6. The van der Waals surface area contributed by atoms with E-state index in [2.05, 4.69) is 26.9 Å². The monoisotopic (exact) mass is 781 g/mol. The fourth-order valence-corrected chi connectivity index (χ4v) is 10.4. The number of hydrogen-bond acceptors (Lipinski definition) is 10. The first-order valence-electron chi connectivity index (χ1n) is 19.1. The lowest BCUT2D eigenvalue weighted by atomic mass is 9.85. The maximum atomic E-state index is 14.6. The molecule has 0 bridgehead atoms. The third-order valence-corrected chi connectivity index (χ3v) is 14.7. The van der Waals surface area contributed by atoms with Crippen LogP contribution in [0.25, 0.3) is 10.6 Å². The summed E-state index contributed by atoms with van der Waals surface area (Å²) in [7, 11) is -3.99. The number of sulfonamides is 1. The van der Waals surface area contributed by atoms with Gasteiger partial charge in [0.2, 0.25) is 21.8 Å². The van der Waals surface area contributed by atoms with Gasteiger partial charge in [-0.05, 0) is 80.2 Å². The normalized spacial score (nSPS) is 26.7. The molecular formula is C39H51N5O8S2. The van der Waals surface area contributed by atoms with Gasteiger partial charge < -0.3 is 25.0 Å². The highest BCUT2D eigenvalue weighted by molar-refractivity contribution is 7.91. The van der Waals surface area contributed by atoms with Crippen molar-refractivity contribution in [2.75, 3.05) is 6.54 Å². The zero-order valence-electron chi connectivity index (χ0n) is 31.2. The summed E-state index contributed by atoms with van der Waals surface area (Å²) in [5.74, 6) is -1.56. The van der Waals surface area contributed by atoms with Crippen LogP contribution < -0.4 is 20.1 Å². The summed E-state index contributed by atoms with van der Waals surface area (Å²) < 4.78 is 40.5. The van der Waals surface area contributed by atoms with E-state index in [0.29, 0.717) is 30.9 Å². The van der Waals surface area contributed by atoms with Crippen LogP contribution in [0.5, 0.6) is 5.75 Å². The molecule has 7 rings (SSSR count). The first-order valence-corrected chi connectivity index (χ1v) is 21.4. The molecular weight excluding hydrogens is 731 g/mol. The lowest BCUT2D eigenvalue weighted by molar-refractivity contribution is -0.143. The van der Waals surface area contributed by atoms with Gasteiger partial charge in [0.15, 0.2) is 0 Å². The highest BCUT2D eigenvalue weighted by Crippen LogP contribution is 2.53. The summed E-state index contributed by atoms with van der Waals surface area (Å²) in [5, 5.41) is 7.61. The maximum Gasteiger partial charge on any atom is 0.408 e. The third kappa shape index (κ3) is 8.02. The highest BCUT2D eigenvalue weighted by Gasteiger charge is 2.64. The van der Waals surface area contributed by atoms with Crippen molar-refractivity contribution in [1.82, 2.24) is 25.2 Å². The van der Waals surface area contributed by atoms with Crippen LogP contribution in [0, 0.1) is 17.3 Å². The Kier molecular flexibility index (Phi) is 10.3. The Balaban J connectivity index is 1.12. The van der Waals surface area contributed by atoms with Crippen molar-refractivity contribution in [2.24, 2.45) is 17.3 Å².